The molecular formula is C10H16N2O2. The molecule has 78 valence electrons. The number of nitrogens with zero attached hydrogens (tertiary/aromatic N) is 1. The van der Waals surface area contributed by atoms with Gasteiger partial charge in [-0.3, -0.25) is 0 Å². The average molecular weight is 196 g/mol. The van der Waals surface area contributed by atoms with E-state index in [1.165, 1.54) is 0 Å². The summed E-state index contributed by atoms with van der Waals surface area (Å²) in [4.78, 5) is 4.13. The molecule has 0 spiro atoms. The third-order valence-corrected chi connectivity index (χ3v) is 2.02. The van der Waals surface area contributed by atoms with Crippen LogP contribution in [0.4, 0.5) is 5.82 Å². The zero-order chi connectivity index (χ0) is 10.4. The van der Waals surface area contributed by atoms with Gasteiger partial charge in [-0.05, 0) is 13.0 Å². The summed E-state index contributed by atoms with van der Waals surface area (Å²) >= 11 is 0. The maximum atomic E-state index is 9.03. The van der Waals surface area contributed by atoms with Crippen molar-refractivity contribution < 1.29 is 9.84 Å². The van der Waals surface area contributed by atoms with Gasteiger partial charge in [-0.2, -0.15) is 0 Å². The normalized spacial score (nSPS) is 12.5. The van der Waals surface area contributed by atoms with Crippen molar-refractivity contribution in [1.29, 1.82) is 0 Å². The van der Waals surface area contributed by atoms with Crippen molar-refractivity contribution in [1.82, 2.24) is 4.98 Å². The van der Waals surface area contributed by atoms with Crippen LogP contribution < -0.4 is 5.32 Å². The molecule has 0 aromatic carbocycles. The number of ether oxygens (including phenoxy) is 1. The van der Waals surface area contributed by atoms with Crippen molar-refractivity contribution in [2.75, 3.05) is 19.0 Å². The molecule has 0 aliphatic heterocycles. The minimum absolute atomic E-state index is 0.00244. The van der Waals surface area contributed by atoms with Crippen molar-refractivity contribution in [3.63, 3.8) is 0 Å². The number of pyridine rings is 1. The molecule has 1 aromatic heterocycles. The van der Waals surface area contributed by atoms with Crippen molar-refractivity contribution in [2.45, 2.75) is 19.6 Å². The Hall–Kier alpha value is -1.13. The van der Waals surface area contributed by atoms with Gasteiger partial charge in [-0.25, -0.2) is 4.98 Å². The maximum absolute atomic E-state index is 9.03. The summed E-state index contributed by atoms with van der Waals surface area (Å²) in [5, 5.41) is 12.1. The quantitative estimate of drug-likeness (QED) is 0.738. The highest BCUT2D eigenvalue weighted by Crippen LogP contribution is 2.10. The van der Waals surface area contributed by atoms with Crippen LogP contribution in [0.5, 0.6) is 0 Å². The second-order valence-electron chi connectivity index (χ2n) is 3.10. The first-order valence-corrected chi connectivity index (χ1v) is 4.59. The van der Waals surface area contributed by atoms with Gasteiger partial charge in [-0.15, -0.1) is 0 Å². The predicted molar refractivity (Wildman–Crippen MR) is 55.1 cm³/mol. The Bertz CT molecular complexity index is 279. The molecule has 1 aromatic rings. The van der Waals surface area contributed by atoms with Gasteiger partial charge in [0.1, 0.15) is 5.82 Å². The summed E-state index contributed by atoms with van der Waals surface area (Å²) in [6.45, 7) is 2.65. The van der Waals surface area contributed by atoms with Crippen molar-refractivity contribution in [3.05, 3.63) is 23.9 Å². The molecule has 0 aliphatic rings. The van der Waals surface area contributed by atoms with E-state index < -0.39 is 0 Å². The summed E-state index contributed by atoms with van der Waals surface area (Å²) < 4.78 is 5.09. The molecule has 4 nitrogen and oxygen atoms in total. The van der Waals surface area contributed by atoms with E-state index in [1.807, 2.05) is 13.0 Å². The SMILES string of the molecule is COC(C)CNc1ncccc1CO. The largest absolute Gasteiger partial charge is 0.392 e. The molecule has 0 bridgehead atoms. The first kappa shape index (κ1) is 10.9. The average Bonchev–Trinajstić information content (AvgIpc) is 2.26. The Kier molecular flexibility index (Phi) is 4.35. The van der Waals surface area contributed by atoms with Crippen LogP contribution in [0.25, 0.3) is 0 Å². The second-order valence-corrected chi connectivity index (χ2v) is 3.10. The fraction of sp³-hybridized carbons (Fsp3) is 0.500. The topological polar surface area (TPSA) is 54.4 Å². The lowest BCUT2D eigenvalue weighted by atomic mass is 10.2. The van der Waals surface area contributed by atoms with Gasteiger partial charge in [-0.1, -0.05) is 6.07 Å². The van der Waals surface area contributed by atoms with Gasteiger partial charge in [0.25, 0.3) is 0 Å². The highest BCUT2D eigenvalue weighted by atomic mass is 16.5. The van der Waals surface area contributed by atoms with Gasteiger partial charge in [0.15, 0.2) is 0 Å². The fourth-order valence-corrected chi connectivity index (χ4v) is 1.05. The van der Waals surface area contributed by atoms with Gasteiger partial charge in [0, 0.05) is 25.4 Å². The lowest BCUT2D eigenvalue weighted by molar-refractivity contribution is 0.128. The second kappa shape index (κ2) is 5.57. The summed E-state index contributed by atoms with van der Waals surface area (Å²) in [6, 6.07) is 3.64. The molecule has 1 unspecified atom stereocenters. The van der Waals surface area contributed by atoms with E-state index in [2.05, 4.69) is 10.3 Å². The van der Waals surface area contributed by atoms with E-state index in [9.17, 15) is 0 Å². The number of aromatic nitrogens is 1. The monoisotopic (exact) mass is 196 g/mol. The Morgan fingerprint density at radius 3 is 3.07 bits per heavy atom. The molecule has 1 heterocycles. The molecule has 1 atom stereocenters. The van der Waals surface area contributed by atoms with Gasteiger partial charge >= 0.3 is 0 Å². The minimum Gasteiger partial charge on any atom is -0.392 e. The van der Waals surface area contributed by atoms with E-state index >= 15 is 0 Å². The summed E-state index contributed by atoms with van der Waals surface area (Å²) in [5.41, 5.74) is 0.802. The van der Waals surface area contributed by atoms with Gasteiger partial charge < -0.3 is 15.2 Å². The van der Waals surface area contributed by atoms with Crippen molar-refractivity contribution in [3.8, 4) is 0 Å². The van der Waals surface area contributed by atoms with Crippen molar-refractivity contribution >= 4 is 5.82 Å². The number of methoxy groups -OCH3 is 1. The minimum atomic E-state index is -0.00244. The first-order valence-electron chi connectivity index (χ1n) is 4.59. The Balaban J connectivity index is 2.57. The van der Waals surface area contributed by atoms with Crippen LogP contribution in [0.2, 0.25) is 0 Å². The van der Waals surface area contributed by atoms with Gasteiger partial charge in [0.2, 0.25) is 0 Å². The van der Waals surface area contributed by atoms with Crippen LogP contribution in [-0.4, -0.2) is 29.8 Å². The number of rotatable bonds is 5. The molecule has 0 aliphatic carbocycles. The zero-order valence-corrected chi connectivity index (χ0v) is 8.53. The van der Waals surface area contributed by atoms with E-state index in [4.69, 9.17) is 9.84 Å². The first-order chi connectivity index (χ1) is 6.77. The van der Waals surface area contributed by atoms with Crippen LogP contribution in [0.1, 0.15) is 12.5 Å². The molecule has 0 fully saturated rings. The maximum Gasteiger partial charge on any atom is 0.131 e. The molecule has 2 N–H and O–H groups in total. The number of anilines is 1. The zero-order valence-electron chi connectivity index (χ0n) is 8.53. The van der Waals surface area contributed by atoms with Crippen LogP contribution in [0.15, 0.2) is 18.3 Å². The highest BCUT2D eigenvalue weighted by Gasteiger charge is 2.03. The Morgan fingerprint density at radius 1 is 1.64 bits per heavy atom. The van der Waals surface area contributed by atoms with E-state index in [0.717, 1.165) is 11.4 Å². The van der Waals surface area contributed by atoms with Crippen LogP contribution in [0.3, 0.4) is 0 Å². The summed E-state index contributed by atoms with van der Waals surface area (Å²) in [5.74, 6) is 0.721. The Labute approximate surface area is 83.9 Å². The Morgan fingerprint density at radius 2 is 2.43 bits per heavy atom. The van der Waals surface area contributed by atoms with Crippen LogP contribution in [-0.2, 0) is 11.3 Å². The molecule has 1 rings (SSSR count). The summed E-state index contributed by atoms with van der Waals surface area (Å²) in [7, 11) is 1.66. The molecular weight excluding hydrogens is 180 g/mol. The van der Waals surface area contributed by atoms with E-state index in [0.29, 0.717) is 6.54 Å². The lowest BCUT2D eigenvalue weighted by Crippen LogP contribution is -2.19. The summed E-state index contributed by atoms with van der Waals surface area (Å²) in [6.07, 6.45) is 1.82. The number of hydrogen-bond donors (Lipinski definition) is 2. The molecule has 4 heteroatoms. The van der Waals surface area contributed by atoms with E-state index in [-0.39, 0.29) is 12.7 Å². The lowest BCUT2D eigenvalue weighted by Gasteiger charge is -2.12. The smallest absolute Gasteiger partial charge is 0.131 e. The highest BCUT2D eigenvalue weighted by molar-refractivity contribution is 5.43. The third kappa shape index (κ3) is 2.97. The predicted octanol–water partition coefficient (Wildman–Crippen LogP) is 1.02. The van der Waals surface area contributed by atoms with Crippen molar-refractivity contribution in [2.24, 2.45) is 0 Å². The molecule has 14 heavy (non-hydrogen) atoms. The molecule has 0 amide bonds. The van der Waals surface area contributed by atoms with Crippen LogP contribution in [0, 0.1) is 0 Å². The number of aliphatic hydroxyl groups excluding tert-OH is 1. The fourth-order valence-electron chi connectivity index (χ4n) is 1.05. The van der Waals surface area contributed by atoms with Gasteiger partial charge in [0.05, 0.1) is 12.7 Å². The molecule has 0 radical (unpaired) electrons. The van der Waals surface area contributed by atoms with Crippen LogP contribution >= 0.6 is 0 Å². The molecule has 0 saturated heterocycles. The molecule has 0 saturated carbocycles. The van der Waals surface area contributed by atoms with E-state index in [1.54, 1.807) is 19.4 Å². The third-order valence-electron chi connectivity index (χ3n) is 2.02. The number of aliphatic hydroxyl groups is 1. The number of hydrogen-bond acceptors (Lipinski definition) is 4. The number of nitrogens with one attached hydrogen (secondary N) is 1. The standard InChI is InChI=1S/C10H16N2O2/c1-8(14-2)6-12-10-9(7-13)4-3-5-11-10/h3-5,8,13H,6-7H2,1-2H3,(H,11,12).